The third-order valence-electron chi connectivity index (χ3n) is 7.08. The van der Waals surface area contributed by atoms with Crippen LogP contribution in [0.3, 0.4) is 0 Å². The molecule has 1 saturated heterocycles. The summed E-state index contributed by atoms with van der Waals surface area (Å²) in [5.74, 6) is 0. The fourth-order valence-corrected chi connectivity index (χ4v) is 5.08. The van der Waals surface area contributed by atoms with Crippen molar-refractivity contribution in [2.24, 2.45) is 0 Å². The van der Waals surface area contributed by atoms with Gasteiger partial charge in [-0.05, 0) is 85.5 Å². The quantitative estimate of drug-likeness (QED) is 0.600. The Morgan fingerprint density at radius 3 is 2.90 bits per heavy atom. The molecular formula is C25H29N5O. The number of benzene rings is 1. The molecule has 2 fully saturated rings. The van der Waals surface area contributed by atoms with E-state index in [0.717, 1.165) is 50.0 Å². The first-order chi connectivity index (χ1) is 15.2. The van der Waals surface area contributed by atoms with E-state index < -0.39 is 0 Å². The maximum absolute atomic E-state index is 12.7. The van der Waals surface area contributed by atoms with Gasteiger partial charge in [0.25, 0.3) is 0 Å². The summed E-state index contributed by atoms with van der Waals surface area (Å²) in [6, 6.07) is 7.78. The van der Waals surface area contributed by atoms with Crippen LogP contribution in [0.15, 0.2) is 30.6 Å². The van der Waals surface area contributed by atoms with Gasteiger partial charge in [-0.2, -0.15) is 0 Å². The van der Waals surface area contributed by atoms with Gasteiger partial charge in [0, 0.05) is 48.5 Å². The predicted molar refractivity (Wildman–Crippen MR) is 122 cm³/mol. The highest BCUT2D eigenvalue weighted by molar-refractivity contribution is 5.84. The Kier molecular flexibility index (Phi) is 4.49. The van der Waals surface area contributed by atoms with Crippen molar-refractivity contribution in [2.75, 3.05) is 13.1 Å². The molecule has 2 aromatic heterocycles. The Balaban J connectivity index is 1.39. The zero-order chi connectivity index (χ0) is 20.9. The number of amides is 2. The summed E-state index contributed by atoms with van der Waals surface area (Å²) in [6.45, 7) is 4.66. The van der Waals surface area contributed by atoms with Crippen molar-refractivity contribution in [1.29, 1.82) is 0 Å². The predicted octanol–water partition coefficient (Wildman–Crippen LogP) is 4.19. The van der Waals surface area contributed by atoms with Crippen LogP contribution in [-0.4, -0.2) is 40.0 Å². The molecule has 1 atom stereocenters. The van der Waals surface area contributed by atoms with Gasteiger partial charge in [0.15, 0.2) is 0 Å². The lowest BCUT2D eigenvalue weighted by molar-refractivity contribution is 0.191. The molecule has 0 unspecified atom stereocenters. The Morgan fingerprint density at radius 2 is 2.10 bits per heavy atom. The third-order valence-corrected chi connectivity index (χ3v) is 7.08. The zero-order valence-corrected chi connectivity index (χ0v) is 18.0. The molecule has 3 aromatic rings. The maximum Gasteiger partial charge on any atom is 0.317 e. The highest BCUT2D eigenvalue weighted by Gasteiger charge is 2.30. The first kappa shape index (κ1) is 18.9. The van der Waals surface area contributed by atoms with Crippen molar-refractivity contribution in [3.8, 4) is 11.1 Å². The van der Waals surface area contributed by atoms with E-state index in [2.05, 4.69) is 45.7 Å². The molecule has 6 heteroatoms. The summed E-state index contributed by atoms with van der Waals surface area (Å²) in [5.41, 5.74) is 8.63. The van der Waals surface area contributed by atoms with Gasteiger partial charge in [0.05, 0.1) is 0 Å². The number of hydrogen-bond donors (Lipinski definition) is 3. The van der Waals surface area contributed by atoms with Gasteiger partial charge in [-0.15, -0.1) is 0 Å². The molecule has 3 aliphatic rings. The van der Waals surface area contributed by atoms with Crippen molar-refractivity contribution in [1.82, 2.24) is 25.5 Å². The second-order valence-corrected chi connectivity index (χ2v) is 9.34. The van der Waals surface area contributed by atoms with Crippen LogP contribution in [0.2, 0.25) is 0 Å². The maximum atomic E-state index is 12.7. The normalized spacial score (nSPS) is 20.8. The van der Waals surface area contributed by atoms with E-state index in [0.29, 0.717) is 18.6 Å². The second kappa shape index (κ2) is 7.38. The minimum absolute atomic E-state index is 0.0974. The number of H-pyrrole nitrogens is 1. The molecule has 6 nitrogen and oxygen atoms in total. The molecule has 2 aliphatic heterocycles. The molecule has 0 radical (unpaired) electrons. The molecule has 1 aromatic carbocycles. The lowest BCUT2D eigenvalue weighted by atomic mass is 9.87. The lowest BCUT2D eigenvalue weighted by Crippen LogP contribution is -2.44. The average molecular weight is 416 g/mol. The van der Waals surface area contributed by atoms with Crippen molar-refractivity contribution in [3.63, 3.8) is 0 Å². The molecule has 31 heavy (non-hydrogen) atoms. The van der Waals surface area contributed by atoms with Gasteiger partial charge >= 0.3 is 6.03 Å². The lowest BCUT2D eigenvalue weighted by Gasteiger charge is -2.32. The number of rotatable bonds is 3. The SMILES string of the molecule is Cc1c[nH]c2ncc(-c3cc4c(c([C@@H]5CCCN5)c3)CN(C(=O)NC3CC3)CC4)cc12. The van der Waals surface area contributed by atoms with E-state index in [4.69, 9.17) is 0 Å². The number of aromatic amines is 1. The summed E-state index contributed by atoms with van der Waals surface area (Å²) < 4.78 is 0. The number of nitrogens with zero attached hydrogens (tertiary/aromatic N) is 2. The molecule has 1 aliphatic carbocycles. The van der Waals surface area contributed by atoms with Crippen molar-refractivity contribution < 1.29 is 4.79 Å². The van der Waals surface area contributed by atoms with Gasteiger partial charge in [0.1, 0.15) is 5.65 Å². The van der Waals surface area contributed by atoms with Crippen LogP contribution in [0.1, 0.15) is 54.0 Å². The number of hydrogen-bond acceptors (Lipinski definition) is 3. The van der Waals surface area contributed by atoms with Crippen molar-refractivity contribution in [3.05, 3.63) is 52.8 Å². The summed E-state index contributed by atoms with van der Waals surface area (Å²) in [7, 11) is 0. The molecule has 0 spiro atoms. The van der Waals surface area contributed by atoms with E-state index in [1.807, 2.05) is 17.3 Å². The van der Waals surface area contributed by atoms with Crippen LogP contribution in [-0.2, 0) is 13.0 Å². The average Bonchev–Trinajstić information content (AvgIpc) is 3.29. The van der Waals surface area contributed by atoms with Crippen LogP contribution in [0, 0.1) is 6.92 Å². The van der Waals surface area contributed by atoms with Crippen LogP contribution >= 0.6 is 0 Å². The third kappa shape index (κ3) is 3.49. The smallest absolute Gasteiger partial charge is 0.317 e. The Morgan fingerprint density at radius 1 is 1.19 bits per heavy atom. The van der Waals surface area contributed by atoms with E-state index >= 15 is 0 Å². The number of pyridine rings is 1. The van der Waals surface area contributed by atoms with Gasteiger partial charge < -0.3 is 20.5 Å². The number of carbonyl (C=O) groups excluding carboxylic acids is 1. The standard InChI is InChI=1S/C25H29N5O/c1-15-12-27-24-20(15)11-18(13-28-24)17-9-16-6-8-30(25(31)29-19-4-5-19)14-22(16)21(10-17)23-3-2-7-26-23/h9-13,19,23,26H,2-8,14H2,1H3,(H,27,28)(H,29,31)/t23-/m0/s1. The van der Waals surface area contributed by atoms with Gasteiger partial charge in [-0.1, -0.05) is 6.07 Å². The first-order valence-corrected chi connectivity index (χ1v) is 11.5. The summed E-state index contributed by atoms with van der Waals surface area (Å²) in [4.78, 5) is 22.6. The molecule has 1 saturated carbocycles. The molecule has 3 N–H and O–H groups in total. The summed E-state index contributed by atoms with van der Waals surface area (Å²) >= 11 is 0. The number of aryl methyl sites for hydroxylation is 1. The molecular weight excluding hydrogens is 386 g/mol. The van der Waals surface area contributed by atoms with Crippen molar-refractivity contribution in [2.45, 2.75) is 57.7 Å². The monoisotopic (exact) mass is 415 g/mol. The number of fused-ring (bicyclic) bond motifs is 2. The number of aromatic nitrogens is 2. The van der Waals surface area contributed by atoms with Crippen LogP contribution in [0.25, 0.3) is 22.2 Å². The fourth-order valence-electron chi connectivity index (χ4n) is 5.08. The molecule has 160 valence electrons. The van der Waals surface area contributed by atoms with E-state index in [1.54, 1.807) is 0 Å². The second-order valence-electron chi connectivity index (χ2n) is 9.34. The highest BCUT2D eigenvalue weighted by atomic mass is 16.2. The molecule has 2 amide bonds. The fraction of sp³-hybridized carbons (Fsp3) is 0.440. The van der Waals surface area contributed by atoms with Gasteiger partial charge in [0.2, 0.25) is 0 Å². The number of carbonyl (C=O) groups is 1. The zero-order valence-electron chi connectivity index (χ0n) is 18.0. The van der Waals surface area contributed by atoms with Crippen LogP contribution < -0.4 is 10.6 Å². The topological polar surface area (TPSA) is 73.0 Å². The Bertz CT molecular complexity index is 1160. The minimum Gasteiger partial charge on any atom is -0.346 e. The largest absolute Gasteiger partial charge is 0.346 e. The number of nitrogens with one attached hydrogen (secondary N) is 3. The Hall–Kier alpha value is -2.86. The summed E-state index contributed by atoms with van der Waals surface area (Å²) in [6.07, 6.45) is 9.49. The molecule has 0 bridgehead atoms. The first-order valence-electron chi connectivity index (χ1n) is 11.5. The van der Waals surface area contributed by atoms with Crippen LogP contribution in [0.5, 0.6) is 0 Å². The molecule has 6 rings (SSSR count). The van der Waals surface area contributed by atoms with Gasteiger partial charge in [-0.3, -0.25) is 0 Å². The minimum atomic E-state index is 0.0974. The van der Waals surface area contributed by atoms with Crippen LogP contribution in [0.4, 0.5) is 4.79 Å². The van der Waals surface area contributed by atoms with E-state index in [9.17, 15) is 4.79 Å². The van der Waals surface area contributed by atoms with E-state index in [1.165, 1.54) is 39.6 Å². The van der Waals surface area contributed by atoms with Crippen molar-refractivity contribution >= 4 is 17.1 Å². The van der Waals surface area contributed by atoms with E-state index in [-0.39, 0.29) is 6.03 Å². The van der Waals surface area contributed by atoms with Gasteiger partial charge in [-0.25, -0.2) is 9.78 Å². The highest BCUT2D eigenvalue weighted by Crippen LogP contribution is 2.36. The summed E-state index contributed by atoms with van der Waals surface area (Å²) in [5, 5.41) is 8.02. The Labute approximate surface area is 182 Å². The number of urea groups is 1. The molecule has 4 heterocycles.